The maximum absolute atomic E-state index is 11.6. The summed E-state index contributed by atoms with van der Waals surface area (Å²) in [4.78, 5) is 32.7. The molecular weight excluding hydrogens is 565 g/mol. The largest absolute Gasteiger partial charge is 0.484 e. The highest BCUT2D eigenvalue weighted by Gasteiger charge is 2.29. The van der Waals surface area contributed by atoms with Crippen LogP contribution in [0.2, 0.25) is 5.02 Å². The monoisotopic (exact) mass is 595 g/mol. The summed E-state index contributed by atoms with van der Waals surface area (Å²) >= 11 is 12.1. The van der Waals surface area contributed by atoms with Gasteiger partial charge in [-0.05, 0) is 60.9 Å². The lowest BCUT2D eigenvalue weighted by Crippen LogP contribution is -2.26. The summed E-state index contributed by atoms with van der Waals surface area (Å²) in [5, 5.41) is 4.84. The van der Waals surface area contributed by atoms with Crippen molar-refractivity contribution in [2.75, 3.05) is 31.0 Å². The van der Waals surface area contributed by atoms with E-state index in [0.717, 1.165) is 47.6 Å². The van der Waals surface area contributed by atoms with Crippen molar-refractivity contribution in [1.29, 1.82) is 0 Å². The predicted octanol–water partition coefficient (Wildman–Crippen LogP) is 4.96. The maximum Gasteiger partial charge on any atom is 0.157 e. The number of nitrogens with two attached hydrogens (primary N) is 2. The highest BCUT2D eigenvalue weighted by molar-refractivity contribution is 6.31. The number of halogens is 2. The van der Waals surface area contributed by atoms with E-state index in [1.165, 1.54) is 17.3 Å². The quantitative estimate of drug-likeness (QED) is 0.0794. The average Bonchev–Trinajstić information content (AvgIpc) is 3.57. The number of aldehydes is 2. The molecule has 12 heteroatoms. The fourth-order valence-electron chi connectivity index (χ4n) is 4.78. The molecule has 10 nitrogen and oxygen atoms in total. The molecule has 0 aliphatic carbocycles. The molecule has 1 aliphatic rings. The predicted molar refractivity (Wildman–Crippen MR) is 163 cm³/mol. The molecule has 0 amide bonds. The van der Waals surface area contributed by atoms with Gasteiger partial charge >= 0.3 is 0 Å². The number of hydrogen-bond donors (Lipinski definition) is 4. The molecule has 4 rings (SSSR count). The minimum Gasteiger partial charge on any atom is -0.484 e. The molecule has 41 heavy (non-hydrogen) atoms. The van der Waals surface area contributed by atoms with E-state index >= 15 is 0 Å². The molecule has 1 unspecified atom stereocenters. The number of allylic oxidation sites excluding steroid dienone is 4. The smallest absolute Gasteiger partial charge is 0.157 e. The number of imidazole rings is 1. The van der Waals surface area contributed by atoms with Crippen molar-refractivity contribution in [2.45, 2.75) is 18.9 Å². The van der Waals surface area contributed by atoms with Crippen LogP contribution in [0.25, 0.3) is 16.8 Å². The third-order valence-electron chi connectivity index (χ3n) is 6.75. The number of hydrogen-bond acceptors (Lipinski definition) is 9. The third kappa shape index (κ3) is 6.91. The van der Waals surface area contributed by atoms with E-state index in [2.05, 4.69) is 20.2 Å². The van der Waals surface area contributed by atoms with Crippen molar-refractivity contribution in [3.05, 3.63) is 88.2 Å². The summed E-state index contributed by atoms with van der Waals surface area (Å²) in [6.07, 6.45) is 9.57. The molecule has 2 heterocycles. The van der Waals surface area contributed by atoms with Crippen LogP contribution in [0.15, 0.2) is 71.8 Å². The molecular formula is C29H31Cl2N7O3. The Labute approximate surface area is 248 Å². The first-order valence-corrected chi connectivity index (χ1v) is 13.5. The van der Waals surface area contributed by atoms with Crippen molar-refractivity contribution in [2.24, 2.45) is 11.6 Å². The Morgan fingerprint density at radius 2 is 2.10 bits per heavy atom. The van der Waals surface area contributed by atoms with Gasteiger partial charge in [-0.3, -0.25) is 14.6 Å². The van der Waals surface area contributed by atoms with Gasteiger partial charge in [0.15, 0.2) is 6.29 Å². The van der Waals surface area contributed by atoms with Crippen molar-refractivity contribution < 1.29 is 14.3 Å². The summed E-state index contributed by atoms with van der Waals surface area (Å²) in [6.45, 7) is -0.0354. The van der Waals surface area contributed by atoms with E-state index < -0.39 is 0 Å². The standard InChI is InChI=1S/C29H31Cl2N7O3/c1-34-23-6-3-19(14-27(23)41-12-11-40)24-16-35-29(36-24)26-8-5-21(37(26)2)13-18(9-10-39)22-15-20(30)4-7-25(22)38(33)17-28(31)32/h3-4,6-7,9-11,13-17,26,34H,5,8,12,32-33H2,1-2H3,(H,35,36)/b18-9+,21-13-,28-17-. The van der Waals surface area contributed by atoms with Gasteiger partial charge in [-0.25, -0.2) is 10.8 Å². The Kier molecular flexibility index (Phi) is 9.72. The third-order valence-corrected chi connectivity index (χ3v) is 7.09. The normalized spacial score (nSPS) is 16.7. The van der Waals surface area contributed by atoms with Gasteiger partial charge in [0.25, 0.3) is 0 Å². The fraction of sp³-hybridized carbons (Fsp3) is 0.207. The van der Waals surface area contributed by atoms with Gasteiger partial charge < -0.3 is 25.7 Å². The Morgan fingerprint density at radius 3 is 2.80 bits per heavy atom. The molecule has 3 aromatic rings. The van der Waals surface area contributed by atoms with Crippen molar-refractivity contribution >= 4 is 52.7 Å². The van der Waals surface area contributed by atoms with E-state index in [9.17, 15) is 9.59 Å². The zero-order chi connectivity index (χ0) is 29.5. The first-order chi connectivity index (χ1) is 19.7. The van der Waals surface area contributed by atoms with Gasteiger partial charge in [-0.1, -0.05) is 29.3 Å². The molecule has 0 saturated carbocycles. The number of anilines is 2. The number of nitrogens with one attached hydrogen (secondary N) is 2. The summed E-state index contributed by atoms with van der Waals surface area (Å²) in [7, 11) is 3.78. The second-order valence-corrected chi connectivity index (χ2v) is 10.1. The van der Waals surface area contributed by atoms with Crippen LogP contribution >= 0.6 is 23.2 Å². The lowest BCUT2D eigenvalue weighted by molar-refractivity contribution is -0.109. The summed E-state index contributed by atoms with van der Waals surface area (Å²) in [5.74, 6) is 7.56. The SMILES string of the molecule is CNc1ccc(-c2cnc(C3CC/C(=C/C(=C\C=O)c4cc(Cl)ccc4N(N)/C=C(\N)Cl)N3C)[nH]2)cc1OCC=O. The number of H-pyrrole nitrogens is 1. The maximum atomic E-state index is 11.6. The lowest BCUT2D eigenvalue weighted by Gasteiger charge is -2.23. The number of hydrazine groups is 1. The second kappa shape index (κ2) is 13.4. The van der Waals surface area contributed by atoms with Gasteiger partial charge in [0.1, 0.15) is 29.6 Å². The highest BCUT2D eigenvalue weighted by Crippen LogP contribution is 2.39. The fourth-order valence-corrected chi connectivity index (χ4v) is 5.05. The van der Waals surface area contributed by atoms with Gasteiger partial charge in [0.05, 0.1) is 35.5 Å². The zero-order valence-corrected chi connectivity index (χ0v) is 24.1. The van der Waals surface area contributed by atoms with E-state index in [1.807, 2.05) is 31.3 Å². The molecule has 6 N–H and O–H groups in total. The second-order valence-electron chi connectivity index (χ2n) is 9.26. The molecule has 0 radical (unpaired) electrons. The summed E-state index contributed by atoms with van der Waals surface area (Å²) in [5.41, 5.74) is 10.9. The summed E-state index contributed by atoms with van der Waals surface area (Å²) in [6, 6.07) is 10.9. The number of aromatic amines is 1. The molecule has 1 saturated heterocycles. The minimum atomic E-state index is -0.0354. The van der Waals surface area contributed by atoms with Gasteiger partial charge in [-0.15, -0.1) is 0 Å². The minimum absolute atomic E-state index is 0.00606. The van der Waals surface area contributed by atoms with Crippen LogP contribution < -0.4 is 26.6 Å². The van der Waals surface area contributed by atoms with Crippen LogP contribution in [0.5, 0.6) is 5.75 Å². The van der Waals surface area contributed by atoms with Crippen molar-refractivity contribution in [1.82, 2.24) is 14.9 Å². The Balaban J connectivity index is 1.61. The Hall–Kier alpha value is -4.25. The van der Waals surface area contributed by atoms with Gasteiger partial charge in [-0.2, -0.15) is 0 Å². The van der Waals surface area contributed by atoms with Crippen LogP contribution in [0.3, 0.4) is 0 Å². The van der Waals surface area contributed by atoms with E-state index in [4.69, 9.17) is 39.5 Å². The van der Waals surface area contributed by atoms with Gasteiger partial charge in [0, 0.05) is 35.9 Å². The van der Waals surface area contributed by atoms with E-state index in [0.29, 0.717) is 33.9 Å². The van der Waals surface area contributed by atoms with Crippen LogP contribution in [0.4, 0.5) is 11.4 Å². The number of likely N-dealkylation sites (tertiary alicyclic amines) is 1. The van der Waals surface area contributed by atoms with Crippen LogP contribution in [-0.2, 0) is 9.59 Å². The molecule has 214 valence electrons. The van der Waals surface area contributed by atoms with Crippen molar-refractivity contribution in [3.63, 3.8) is 0 Å². The van der Waals surface area contributed by atoms with E-state index in [1.54, 1.807) is 31.4 Å². The summed E-state index contributed by atoms with van der Waals surface area (Å²) < 4.78 is 5.57. The molecule has 2 aromatic carbocycles. The number of benzene rings is 2. The van der Waals surface area contributed by atoms with Crippen LogP contribution in [0.1, 0.15) is 30.3 Å². The molecule has 1 aromatic heterocycles. The van der Waals surface area contributed by atoms with Gasteiger partial charge in [0.2, 0.25) is 0 Å². The zero-order valence-electron chi connectivity index (χ0n) is 22.6. The molecule has 1 aliphatic heterocycles. The number of ether oxygens (including phenoxy) is 1. The van der Waals surface area contributed by atoms with Crippen LogP contribution in [0, 0.1) is 0 Å². The van der Waals surface area contributed by atoms with Crippen molar-refractivity contribution in [3.8, 4) is 17.0 Å². The topological polar surface area (TPSA) is 143 Å². The molecule has 1 fully saturated rings. The highest BCUT2D eigenvalue weighted by atomic mass is 35.5. The number of aromatic nitrogens is 2. The first-order valence-electron chi connectivity index (χ1n) is 12.7. The number of carbonyl (C=O) groups is 2. The molecule has 1 atom stereocenters. The lowest BCUT2D eigenvalue weighted by atomic mass is 10.0. The average molecular weight is 597 g/mol. The Bertz CT molecular complexity index is 1510. The number of nitrogens with zero attached hydrogens (tertiary/aromatic N) is 3. The van der Waals surface area contributed by atoms with E-state index in [-0.39, 0.29) is 17.8 Å². The Morgan fingerprint density at radius 1 is 1.29 bits per heavy atom. The molecule has 0 spiro atoms. The molecule has 0 bridgehead atoms. The van der Waals surface area contributed by atoms with Crippen LogP contribution in [-0.4, -0.2) is 48.1 Å². The number of rotatable bonds is 11. The number of carbonyl (C=O) groups excluding carboxylic acids is 2. The first kappa shape index (κ1) is 29.7.